The van der Waals surface area contributed by atoms with Crippen molar-refractivity contribution in [3.05, 3.63) is 28.2 Å². The number of rotatable bonds is 3. The fourth-order valence-corrected chi connectivity index (χ4v) is 3.02. The van der Waals surface area contributed by atoms with Crippen molar-refractivity contribution in [2.75, 3.05) is 13.2 Å². The highest BCUT2D eigenvalue weighted by atomic mass is 79.9. The van der Waals surface area contributed by atoms with Crippen molar-refractivity contribution in [3.63, 3.8) is 0 Å². The zero-order chi connectivity index (χ0) is 10.8. The van der Waals surface area contributed by atoms with Crippen molar-refractivity contribution in [1.82, 2.24) is 0 Å². The third-order valence-corrected chi connectivity index (χ3v) is 4.47. The maximum Gasteiger partial charge on any atom is 0.0762 e. The van der Waals surface area contributed by atoms with Crippen LogP contribution in [0.15, 0.2) is 27.6 Å². The van der Waals surface area contributed by atoms with Crippen LogP contribution in [-0.2, 0) is 4.74 Å². The predicted octanol–water partition coefficient (Wildman–Crippen LogP) is 2.99. The number of halogens is 1. The first-order chi connectivity index (χ1) is 7.16. The van der Waals surface area contributed by atoms with Crippen LogP contribution in [0.1, 0.15) is 18.6 Å². The normalized spacial score (nSPS) is 18.6. The van der Waals surface area contributed by atoms with Gasteiger partial charge in [0.15, 0.2) is 0 Å². The van der Waals surface area contributed by atoms with Gasteiger partial charge in [-0.25, -0.2) is 0 Å². The molecule has 1 aromatic rings. The number of hydrogen-bond acceptors (Lipinski definition) is 3. The average Bonchev–Trinajstić information content (AvgIpc) is 2.12. The van der Waals surface area contributed by atoms with E-state index in [1.165, 1.54) is 4.90 Å². The quantitative estimate of drug-likeness (QED) is 0.927. The zero-order valence-electron chi connectivity index (χ0n) is 8.44. The minimum absolute atomic E-state index is 0.410. The van der Waals surface area contributed by atoms with Crippen LogP contribution in [0.3, 0.4) is 0 Å². The van der Waals surface area contributed by atoms with E-state index in [1.807, 2.05) is 23.9 Å². The molecule has 0 aromatic heterocycles. The molecule has 2 nitrogen and oxygen atoms in total. The fourth-order valence-electron chi connectivity index (χ4n) is 1.33. The van der Waals surface area contributed by atoms with Crippen molar-refractivity contribution in [3.8, 4) is 0 Å². The van der Waals surface area contributed by atoms with Crippen LogP contribution in [0.25, 0.3) is 0 Å². The second kappa shape index (κ2) is 4.87. The van der Waals surface area contributed by atoms with Crippen LogP contribution < -0.4 is 0 Å². The summed E-state index contributed by atoms with van der Waals surface area (Å²) in [6.07, 6.45) is -0.410. The van der Waals surface area contributed by atoms with Gasteiger partial charge in [-0.1, -0.05) is 6.07 Å². The van der Waals surface area contributed by atoms with Gasteiger partial charge in [-0.15, -0.1) is 11.8 Å². The van der Waals surface area contributed by atoms with Crippen molar-refractivity contribution in [1.29, 1.82) is 0 Å². The van der Waals surface area contributed by atoms with E-state index in [2.05, 4.69) is 22.0 Å². The van der Waals surface area contributed by atoms with Gasteiger partial charge in [-0.3, -0.25) is 0 Å². The molecule has 1 atom stereocenters. The number of aliphatic hydroxyl groups is 1. The molecule has 1 N–H and O–H groups in total. The van der Waals surface area contributed by atoms with Gasteiger partial charge < -0.3 is 9.84 Å². The Morgan fingerprint density at radius 3 is 2.73 bits per heavy atom. The Balaban J connectivity index is 2.11. The third-order valence-electron chi connectivity index (χ3n) is 2.34. The van der Waals surface area contributed by atoms with E-state index in [-0.39, 0.29) is 0 Å². The second-order valence-electron chi connectivity index (χ2n) is 3.64. The van der Waals surface area contributed by atoms with E-state index in [0.29, 0.717) is 5.25 Å². The molecule has 1 saturated heterocycles. The summed E-state index contributed by atoms with van der Waals surface area (Å²) in [7, 11) is 0. The topological polar surface area (TPSA) is 29.5 Å². The molecule has 0 spiro atoms. The first kappa shape index (κ1) is 11.5. The van der Waals surface area contributed by atoms with Gasteiger partial charge in [0.2, 0.25) is 0 Å². The van der Waals surface area contributed by atoms with Gasteiger partial charge in [-0.2, -0.15) is 0 Å². The molecular formula is C11H13BrO2S. The van der Waals surface area contributed by atoms with Crippen LogP contribution in [-0.4, -0.2) is 23.6 Å². The van der Waals surface area contributed by atoms with Crippen molar-refractivity contribution in [2.45, 2.75) is 23.2 Å². The number of thioether (sulfide) groups is 1. The van der Waals surface area contributed by atoms with Gasteiger partial charge in [-0.05, 0) is 40.5 Å². The largest absolute Gasteiger partial charge is 0.389 e. The Hall–Kier alpha value is -0.0300. The summed E-state index contributed by atoms with van der Waals surface area (Å²) >= 11 is 5.35. The third kappa shape index (κ3) is 2.75. The fraction of sp³-hybridized carbons (Fsp3) is 0.455. The van der Waals surface area contributed by atoms with E-state index < -0.39 is 6.10 Å². The van der Waals surface area contributed by atoms with Crippen molar-refractivity contribution >= 4 is 27.7 Å². The monoisotopic (exact) mass is 288 g/mol. The highest BCUT2D eigenvalue weighted by molar-refractivity contribution is 9.10. The molecule has 0 aliphatic carbocycles. The van der Waals surface area contributed by atoms with E-state index in [0.717, 1.165) is 23.2 Å². The van der Waals surface area contributed by atoms with E-state index in [1.54, 1.807) is 6.92 Å². The highest BCUT2D eigenvalue weighted by Crippen LogP contribution is 2.34. The molecule has 0 amide bonds. The maximum absolute atomic E-state index is 9.43. The summed E-state index contributed by atoms with van der Waals surface area (Å²) in [6.45, 7) is 3.46. The molecule has 4 heteroatoms. The summed E-state index contributed by atoms with van der Waals surface area (Å²) in [6, 6.07) is 6.00. The van der Waals surface area contributed by atoms with Crippen LogP contribution in [0.4, 0.5) is 0 Å². The van der Waals surface area contributed by atoms with Crippen LogP contribution in [0, 0.1) is 0 Å². The molecule has 0 bridgehead atoms. The van der Waals surface area contributed by atoms with Crippen LogP contribution >= 0.6 is 27.7 Å². The molecule has 2 rings (SSSR count). The predicted molar refractivity (Wildman–Crippen MR) is 65.2 cm³/mol. The van der Waals surface area contributed by atoms with Crippen molar-refractivity contribution < 1.29 is 9.84 Å². The summed E-state index contributed by atoms with van der Waals surface area (Å²) in [5.74, 6) is 0. The van der Waals surface area contributed by atoms with E-state index in [9.17, 15) is 5.11 Å². The summed E-state index contributed by atoms with van der Waals surface area (Å²) in [4.78, 5) is 1.22. The molecule has 1 aliphatic rings. The van der Waals surface area contributed by atoms with Crippen LogP contribution in [0.2, 0.25) is 0 Å². The van der Waals surface area contributed by atoms with Gasteiger partial charge in [0.1, 0.15) is 0 Å². The lowest BCUT2D eigenvalue weighted by atomic mass is 10.1. The van der Waals surface area contributed by atoms with Crippen molar-refractivity contribution in [2.24, 2.45) is 0 Å². The van der Waals surface area contributed by atoms with E-state index >= 15 is 0 Å². The number of aliphatic hydroxyl groups excluding tert-OH is 1. The summed E-state index contributed by atoms with van der Waals surface area (Å²) in [5, 5.41) is 10.0. The lowest BCUT2D eigenvalue weighted by molar-refractivity contribution is 0.0455. The van der Waals surface area contributed by atoms with Gasteiger partial charge in [0.05, 0.1) is 24.6 Å². The lowest BCUT2D eigenvalue weighted by Crippen LogP contribution is -2.30. The Bertz CT molecular complexity index is 350. The number of hydrogen-bond donors (Lipinski definition) is 1. The lowest BCUT2D eigenvalue weighted by Gasteiger charge is -2.25. The summed E-state index contributed by atoms with van der Waals surface area (Å²) < 4.78 is 6.19. The van der Waals surface area contributed by atoms with Gasteiger partial charge in [0, 0.05) is 9.37 Å². The zero-order valence-corrected chi connectivity index (χ0v) is 10.8. The molecular weight excluding hydrogens is 276 g/mol. The number of benzene rings is 1. The smallest absolute Gasteiger partial charge is 0.0762 e. The highest BCUT2D eigenvalue weighted by Gasteiger charge is 2.20. The molecule has 82 valence electrons. The molecule has 0 unspecified atom stereocenters. The van der Waals surface area contributed by atoms with Gasteiger partial charge in [0.25, 0.3) is 0 Å². The molecule has 1 aromatic carbocycles. The van der Waals surface area contributed by atoms with E-state index in [4.69, 9.17) is 4.74 Å². The summed E-state index contributed by atoms with van der Waals surface area (Å²) in [5.41, 5.74) is 0.941. The Morgan fingerprint density at radius 2 is 2.27 bits per heavy atom. The molecule has 1 heterocycles. The minimum Gasteiger partial charge on any atom is -0.389 e. The Labute approximate surface area is 102 Å². The SMILES string of the molecule is C[C@H](O)c1ccc(SC2COC2)c(Br)c1. The average molecular weight is 289 g/mol. The molecule has 0 radical (unpaired) electrons. The molecule has 1 aliphatic heterocycles. The minimum atomic E-state index is -0.410. The second-order valence-corrected chi connectivity index (χ2v) is 5.84. The maximum atomic E-state index is 9.43. The van der Waals surface area contributed by atoms with Gasteiger partial charge >= 0.3 is 0 Å². The first-order valence-electron chi connectivity index (χ1n) is 4.88. The molecule has 0 saturated carbocycles. The first-order valence-corrected chi connectivity index (χ1v) is 6.56. The molecule has 1 fully saturated rings. The Morgan fingerprint density at radius 1 is 1.53 bits per heavy atom. The van der Waals surface area contributed by atoms with Crippen LogP contribution in [0.5, 0.6) is 0 Å². The number of ether oxygens (including phenoxy) is 1. The Kier molecular flexibility index (Phi) is 3.72. The standard InChI is InChI=1S/C11H13BrO2S/c1-7(13)8-2-3-11(10(12)4-8)15-9-5-14-6-9/h2-4,7,9,13H,5-6H2,1H3/t7-/m0/s1. The molecule has 15 heavy (non-hydrogen) atoms.